The first kappa shape index (κ1) is 18.4. The number of aromatic hydroxyl groups is 1. The predicted molar refractivity (Wildman–Crippen MR) is 91.4 cm³/mol. The molecule has 7 nitrogen and oxygen atoms in total. The summed E-state index contributed by atoms with van der Waals surface area (Å²) in [5.74, 6) is -0.779. The third-order valence-corrected chi connectivity index (χ3v) is 3.36. The van der Waals surface area contributed by atoms with Crippen molar-refractivity contribution >= 4 is 29.7 Å². The molecule has 0 fully saturated rings. The predicted octanol–water partition coefficient (Wildman–Crippen LogP) is 1.66. The number of hydrogen-bond donors (Lipinski definition) is 2. The molecule has 1 aromatic heterocycles. The Morgan fingerprint density at radius 1 is 1.32 bits per heavy atom. The van der Waals surface area contributed by atoms with Gasteiger partial charge in [-0.15, -0.1) is 0 Å². The van der Waals surface area contributed by atoms with E-state index in [-0.39, 0.29) is 18.3 Å². The van der Waals surface area contributed by atoms with Crippen molar-refractivity contribution in [3.63, 3.8) is 0 Å². The van der Waals surface area contributed by atoms with Gasteiger partial charge < -0.3 is 9.84 Å². The number of amides is 1. The number of nitrogens with zero attached hydrogens (tertiary/aromatic N) is 2. The van der Waals surface area contributed by atoms with Gasteiger partial charge in [0.2, 0.25) is 6.54 Å². The number of aromatic nitrogens is 1. The minimum atomic E-state index is -0.430. The molecule has 25 heavy (non-hydrogen) atoms. The zero-order chi connectivity index (χ0) is 18.2. The van der Waals surface area contributed by atoms with Gasteiger partial charge in [0.05, 0.1) is 18.4 Å². The van der Waals surface area contributed by atoms with Gasteiger partial charge >= 0.3 is 5.97 Å². The monoisotopic (exact) mass is 362 g/mol. The number of phenols is 1. The van der Waals surface area contributed by atoms with Crippen LogP contribution in [0.5, 0.6) is 5.75 Å². The Hall–Kier alpha value is -2.93. The lowest BCUT2D eigenvalue weighted by Crippen LogP contribution is -2.38. The molecular weight excluding hydrogens is 346 g/mol. The molecule has 0 atom stereocenters. The van der Waals surface area contributed by atoms with Crippen molar-refractivity contribution in [1.82, 2.24) is 5.43 Å². The minimum Gasteiger partial charge on any atom is -0.507 e. The first-order valence-electron chi connectivity index (χ1n) is 7.46. The molecule has 0 aliphatic heterocycles. The van der Waals surface area contributed by atoms with Gasteiger partial charge in [-0.1, -0.05) is 11.6 Å². The standard InChI is InChI=1S/C17H16ClN3O4/c1-2-25-16(23)11-21-7-5-12(6-8-21)17(24)20-19-10-13-9-14(18)3-4-15(13)22/h3-10,24H,2,11H2,1H3/p+1. The van der Waals surface area contributed by atoms with Crippen LogP contribution in [0, 0.1) is 0 Å². The molecule has 1 heterocycles. The maximum absolute atomic E-state index is 12.0. The number of phenolic OH excluding ortho intramolecular Hbond substituents is 1. The van der Waals surface area contributed by atoms with Crippen LogP contribution in [-0.2, 0) is 16.1 Å². The summed E-state index contributed by atoms with van der Waals surface area (Å²) in [6.07, 6.45) is 4.49. The van der Waals surface area contributed by atoms with Crippen molar-refractivity contribution in [2.24, 2.45) is 5.10 Å². The smallest absolute Gasteiger partial charge is 0.372 e. The summed E-state index contributed by atoms with van der Waals surface area (Å²) in [6, 6.07) is 7.61. The fourth-order valence-electron chi connectivity index (χ4n) is 1.92. The van der Waals surface area contributed by atoms with E-state index in [0.29, 0.717) is 22.8 Å². The second-order valence-corrected chi connectivity index (χ2v) is 5.40. The van der Waals surface area contributed by atoms with Crippen molar-refractivity contribution < 1.29 is 24.0 Å². The number of pyridine rings is 1. The third-order valence-electron chi connectivity index (χ3n) is 3.13. The van der Waals surface area contributed by atoms with E-state index >= 15 is 0 Å². The molecule has 2 N–H and O–H groups in total. The zero-order valence-electron chi connectivity index (χ0n) is 13.5. The Labute approximate surface area is 149 Å². The molecule has 130 valence electrons. The van der Waals surface area contributed by atoms with Gasteiger partial charge in [0.25, 0.3) is 5.91 Å². The lowest BCUT2D eigenvalue weighted by Gasteiger charge is -2.01. The number of halogens is 1. The lowest BCUT2D eigenvalue weighted by molar-refractivity contribution is -0.686. The zero-order valence-corrected chi connectivity index (χ0v) is 14.2. The molecule has 0 aliphatic rings. The van der Waals surface area contributed by atoms with Crippen LogP contribution in [0.25, 0.3) is 0 Å². The van der Waals surface area contributed by atoms with Crippen LogP contribution in [0.4, 0.5) is 0 Å². The van der Waals surface area contributed by atoms with Crippen molar-refractivity contribution in [3.8, 4) is 5.75 Å². The van der Waals surface area contributed by atoms with Crippen LogP contribution < -0.4 is 9.99 Å². The Morgan fingerprint density at radius 3 is 2.72 bits per heavy atom. The molecule has 0 aliphatic carbocycles. The number of carbonyl (C=O) groups is 2. The molecule has 0 spiro atoms. The summed E-state index contributed by atoms with van der Waals surface area (Å²) in [5.41, 5.74) is 3.10. The maximum Gasteiger partial charge on any atom is 0.372 e. The Balaban J connectivity index is 1.95. The van der Waals surface area contributed by atoms with E-state index < -0.39 is 5.91 Å². The van der Waals surface area contributed by atoms with Crippen molar-refractivity contribution in [3.05, 3.63) is 58.9 Å². The second-order valence-electron chi connectivity index (χ2n) is 4.97. The average molecular weight is 363 g/mol. The lowest BCUT2D eigenvalue weighted by atomic mass is 10.2. The highest BCUT2D eigenvalue weighted by Gasteiger charge is 2.12. The highest BCUT2D eigenvalue weighted by atomic mass is 35.5. The summed E-state index contributed by atoms with van der Waals surface area (Å²) >= 11 is 5.83. The summed E-state index contributed by atoms with van der Waals surface area (Å²) < 4.78 is 6.45. The molecule has 2 aromatic rings. The molecule has 0 bridgehead atoms. The number of benzene rings is 1. The molecule has 8 heteroatoms. The summed E-state index contributed by atoms with van der Waals surface area (Å²) in [7, 11) is 0. The van der Waals surface area contributed by atoms with Gasteiger partial charge in [-0.3, -0.25) is 4.79 Å². The number of hydrogen-bond acceptors (Lipinski definition) is 5. The number of esters is 1. The van der Waals surface area contributed by atoms with E-state index in [1.165, 1.54) is 18.3 Å². The van der Waals surface area contributed by atoms with Gasteiger partial charge in [0, 0.05) is 22.7 Å². The van der Waals surface area contributed by atoms with Gasteiger partial charge in [0.1, 0.15) is 5.75 Å². The number of rotatable bonds is 6. The van der Waals surface area contributed by atoms with Crippen molar-refractivity contribution in [2.75, 3.05) is 6.61 Å². The maximum atomic E-state index is 12.0. The van der Waals surface area contributed by atoms with Gasteiger partial charge in [-0.2, -0.15) is 9.67 Å². The van der Waals surface area contributed by atoms with E-state index in [4.69, 9.17) is 16.3 Å². The topological polar surface area (TPSA) is 91.9 Å². The molecule has 2 rings (SSSR count). The number of carbonyl (C=O) groups excluding carboxylic acids is 2. The molecule has 1 aromatic carbocycles. The highest BCUT2D eigenvalue weighted by Crippen LogP contribution is 2.19. The second kappa shape index (κ2) is 8.79. The first-order chi connectivity index (χ1) is 12.0. The molecule has 0 saturated carbocycles. The molecule has 0 radical (unpaired) electrons. The van der Waals surface area contributed by atoms with Crippen molar-refractivity contribution in [1.29, 1.82) is 0 Å². The summed E-state index contributed by atoms with van der Waals surface area (Å²) in [6.45, 7) is 2.13. The van der Waals surface area contributed by atoms with Crippen LogP contribution in [-0.4, -0.2) is 29.8 Å². The number of ether oxygens (including phenoxy) is 1. The van der Waals surface area contributed by atoms with Crippen LogP contribution in [0.3, 0.4) is 0 Å². The summed E-state index contributed by atoms with van der Waals surface area (Å²) in [4.78, 5) is 23.4. The number of nitrogens with one attached hydrogen (secondary N) is 1. The van der Waals surface area contributed by atoms with E-state index in [2.05, 4.69) is 10.5 Å². The highest BCUT2D eigenvalue weighted by molar-refractivity contribution is 6.30. The van der Waals surface area contributed by atoms with Gasteiger partial charge in [0.15, 0.2) is 12.4 Å². The van der Waals surface area contributed by atoms with Crippen LogP contribution >= 0.6 is 11.6 Å². The van der Waals surface area contributed by atoms with E-state index in [1.807, 2.05) is 0 Å². The number of hydrazone groups is 1. The first-order valence-corrected chi connectivity index (χ1v) is 7.84. The Kier molecular flexibility index (Phi) is 6.47. The molecule has 0 saturated heterocycles. The third kappa shape index (κ3) is 5.58. The Morgan fingerprint density at radius 2 is 2.04 bits per heavy atom. The van der Waals surface area contributed by atoms with Crippen LogP contribution in [0.1, 0.15) is 22.8 Å². The fraction of sp³-hybridized carbons (Fsp3) is 0.176. The average Bonchev–Trinajstić information content (AvgIpc) is 2.58. The SMILES string of the molecule is CCOC(=O)C[n+]1ccc(C(=O)NN=Cc2cc(Cl)ccc2O)cc1. The van der Waals surface area contributed by atoms with Crippen LogP contribution in [0.2, 0.25) is 5.02 Å². The Bertz CT molecular complexity index is 791. The van der Waals surface area contributed by atoms with E-state index in [0.717, 1.165) is 0 Å². The normalized spacial score (nSPS) is 10.6. The van der Waals surface area contributed by atoms with Crippen LogP contribution in [0.15, 0.2) is 47.8 Å². The quantitative estimate of drug-likeness (QED) is 0.354. The molecular formula is C17H17ClN3O4+. The van der Waals surface area contributed by atoms with E-state index in [1.54, 1.807) is 42.1 Å². The van der Waals surface area contributed by atoms with E-state index in [9.17, 15) is 14.7 Å². The molecule has 0 unspecified atom stereocenters. The van der Waals surface area contributed by atoms with Gasteiger partial charge in [-0.05, 0) is 25.1 Å². The van der Waals surface area contributed by atoms with Gasteiger partial charge in [-0.25, -0.2) is 10.2 Å². The largest absolute Gasteiger partial charge is 0.507 e. The minimum absolute atomic E-state index is 0.00196. The van der Waals surface area contributed by atoms with Crippen molar-refractivity contribution in [2.45, 2.75) is 13.5 Å². The molecule has 1 amide bonds. The fourth-order valence-corrected chi connectivity index (χ4v) is 2.10. The summed E-state index contributed by atoms with van der Waals surface area (Å²) in [5, 5.41) is 13.9.